The van der Waals surface area contributed by atoms with Gasteiger partial charge in [0, 0.05) is 18.6 Å². The minimum atomic E-state index is -3.75. The van der Waals surface area contributed by atoms with Crippen LogP contribution in [0.15, 0.2) is 29.2 Å². The Balaban J connectivity index is 3.33. The standard InChI is InChI=1S/C14H23FN2O2S/c1-4-9-17(14(3,5-2)11-16)20(18,19)13-8-6-7-12(15)10-13/h6-8,10H,4-5,9,11,16H2,1-3H3. The minimum absolute atomic E-state index is 0.0286. The molecule has 4 nitrogen and oxygen atoms in total. The van der Waals surface area contributed by atoms with Crippen LogP contribution in [0.1, 0.15) is 33.6 Å². The van der Waals surface area contributed by atoms with Gasteiger partial charge in [-0.25, -0.2) is 12.8 Å². The van der Waals surface area contributed by atoms with Crippen molar-refractivity contribution < 1.29 is 12.8 Å². The fourth-order valence-electron chi connectivity index (χ4n) is 2.06. The lowest BCUT2D eigenvalue weighted by Gasteiger charge is -2.38. The minimum Gasteiger partial charge on any atom is -0.329 e. The molecule has 0 saturated heterocycles. The lowest BCUT2D eigenvalue weighted by Crippen LogP contribution is -2.54. The van der Waals surface area contributed by atoms with Crippen LogP contribution in [0, 0.1) is 5.82 Å². The first-order chi connectivity index (χ1) is 9.31. The van der Waals surface area contributed by atoms with E-state index in [4.69, 9.17) is 5.73 Å². The Labute approximate surface area is 120 Å². The van der Waals surface area contributed by atoms with Gasteiger partial charge in [0.15, 0.2) is 0 Å². The Morgan fingerprint density at radius 3 is 2.45 bits per heavy atom. The summed E-state index contributed by atoms with van der Waals surface area (Å²) in [5, 5.41) is 0. The third kappa shape index (κ3) is 3.37. The summed E-state index contributed by atoms with van der Waals surface area (Å²) in [6.45, 7) is 6.20. The summed E-state index contributed by atoms with van der Waals surface area (Å²) in [5.74, 6) is -0.562. The summed E-state index contributed by atoms with van der Waals surface area (Å²) >= 11 is 0. The highest BCUT2D eigenvalue weighted by molar-refractivity contribution is 7.89. The molecule has 0 aliphatic rings. The lowest BCUT2D eigenvalue weighted by atomic mass is 9.99. The van der Waals surface area contributed by atoms with E-state index in [9.17, 15) is 12.8 Å². The van der Waals surface area contributed by atoms with Gasteiger partial charge >= 0.3 is 0 Å². The number of benzene rings is 1. The predicted molar refractivity (Wildman–Crippen MR) is 78.3 cm³/mol. The molecule has 0 aromatic heterocycles. The zero-order chi connectivity index (χ0) is 15.4. The van der Waals surface area contributed by atoms with Gasteiger partial charge in [0.2, 0.25) is 10.0 Å². The second kappa shape index (κ2) is 6.65. The Bertz CT molecular complexity index is 542. The van der Waals surface area contributed by atoms with Crippen molar-refractivity contribution in [3.8, 4) is 0 Å². The molecule has 1 unspecified atom stereocenters. The average molecular weight is 302 g/mol. The number of hydrogen-bond donors (Lipinski definition) is 1. The van der Waals surface area contributed by atoms with Crippen molar-refractivity contribution in [1.29, 1.82) is 0 Å². The van der Waals surface area contributed by atoms with E-state index >= 15 is 0 Å². The molecule has 1 aromatic carbocycles. The van der Waals surface area contributed by atoms with E-state index in [-0.39, 0.29) is 11.4 Å². The maximum Gasteiger partial charge on any atom is 0.243 e. The summed E-state index contributed by atoms with van der Waals surface area (Å²) in [6, 6.07) is 5.08. The smallest absolute Gasteiger partial charge is 0.243 e. The predicted octanol–water partition coefficient (Wildman–Crippen LogP) is 2.35. The fourth-order valence-corrected chi connectivity index (χ4v) is 4.03. The van der Waals surface area contributed by atoms with Gasteiger partial charge in [-0.3, -0.25) is 0 Å². The van der Waals surface area contributed by atoms with Crippen molar-refractivity contribution >= 4 is 10.0 Å². The Kier molecular flexibility index (Phi) is 5.68. The van der Waals surface area contributed by atoms with Crippen LogP contribution in [0.3, 0.4) is 0 Å². The molecule has 1 atom stereocenters. The van der Waals surface area contributed by atoms with E-state index < -0.39 is 21.4 Å². The molecule has 0 bridgehead atoms. The van der Waals surface area contributed by atoms with E-state index in [0.29, 0.717) is 19.4 Å². The maximum atomic E-state index is 13.3. The number of nitrogens with two attached hydrogens (primary N) is 1. The van der Waals surface area contributed by atoms with Crippen molar-refractivity contribution in [2.75, 3.05) is 13.1 Å². The number of rotatable bonds is 7. The van der Waals surface area contributed by atoms with E-state index in [2.05, 4.69) is 0 Å². The van der Waals surface area contributed by atoms with E-state index in [1.807, 2.05) is 20.8 Å². The Morgan fingerprint density at radius 2 is 2.00 bits per heavy atom. The molecule has 114 valence electrons. The molecule has 0 spiro atoms. The first kappa shape index (κ1) is 17.1. The third-order valence-electron chi connectivity index (χ3n) is 3.61. The molecule has 0 heterocycles. The molecule has 0 amide bonds. The van der Waals surface area contributed by atoms with Crippen LogP contribution in [-0.2, 0) is 10.0 Å². The van der Waals surface area contributed by atoms with Crippen LogP contribution in [0.25, 0.3) is 0 Å². The SMILES string of the molecule is CCCN(C(C)(CC)CN)S(=O)(=O)c1cccc(F)c1. The average Bonchev–Trinajstić information content (AvgIpc) is 2.44. The molecule has 0 fully saturated rings. The molecule has 0 saturated carbocycles. The highest BCUT2D eigenvalue weighted by Gasteiger charge is 2.37. The van der Waals surface area contributed by atoms with Gasteiger partial charge in [0.25, 0.3) is 0 Å². The van der Waals surface area contributed by atoms with Gasteiger partial charge < -0.3 is 5.73 Å². The van der Waals surface area contributed by atoms with Crippen molar-refractivity contribution in [2.24, 2.45) is 5.73 Å². The number of nitrogens with zero attached hydrogens (tertiary/aromatic N) is 1. The fraction of sp³-hybridized carbons (Fsp3) is 0.571. The van der Waals surface area contributed by atoms with Crippen LogP contribution in [0.2, 0.25) is 0 Å². The summed E-state index contributed by atoms with van der Waals surface area (Å²) < 4.78 is 40.2. The van der Waals surface area contributed by atoms with Crippen molar-refractivity contribution in [1.82, 2.24) is 4.31 Å². The number of halogens is 1. The Morgan fingerprint density at radius 1 is 1.35 bits per heavy atom. The number of sulfonamides is 1. The van der Waals surface area contributed by atoms with Gasteiger partial charge in [-0.15, -0.1) is 0 Å². The van der Waals surface area contributed by atoms with Crippen LogP contribution in [-0.4, -0.2) is 31.4 Å². The van der Waals surface area contributed by atoms with Crippen LogP contribution in [0.4, 0.5) is 4.39 Å². The van der Waals surface area contributed by atoms with Crippen molar-refractivity contribution in [3.63, 3.8) is 0 Å². The molecule has 0 aliphatic carbocycles. The van der Waals surface area contributed by atoms with E-state index in [0.717, 1.165) is 6.07 Å². The Hall–Kier alpha value is -0.980. The molecule has 1 rings (SSSR count). The second-order valence-electron chi connectivity index (χ2n) is 5.09. The van der Waals surface area contributed by atoms with Gasteiger partial charge in [0.1, 0.15) is 5.82 Å². The van der Waals surface area contributed by atoms with Crippen LogP contribution < -0.4 is 5.73 Å². The number of hydrogen-bond acceptors (Lipinski definition) is 3. The van der Waals surface area contributed by atoms with Crippen LogP contribution >= 0.6 is 0 Å². The highest BCUT2D eigenvalue weighted by atomic mass is 32.2. The second-order valence-corrected chi connectivity index (χ2v) is 6.95. The first-order valence-corrected chi connectivity index (χ1v) is 8.24. The lowest BCUT2D eigenvalue weighted by molar-refractivity contribution is 0.206. The monoisotopic (exact) mass is 302 g/mol. The zero-order valence-corrected chi connectivity index (χ0v) is 13.1. The van der Waals surface area contributed by atoms with Crippen molar-refractivity contribution in [2.45, 2.75) is 44.0 Å². The maximum absolute atomic E-state index is 13.3. The van der Waals surface area contributed by atoms with E-state index in [1.165, 1.54) is 22.5 Å². The molecule has 0 radical (unpaired) electrons. The third-order valence-corrected chi connectivity index (χ3v) is 5.67. The summed E-state index contributed by atoms with van der Waals surface area (Å²) in [5.41, 5.74) is 5.11. The molecular formula is C14H23FN2O2S. The molecule has 20 heavy (non-hydrogen) atoms. The molecule has 6 heteroatoms. The largest absolute Gasteiger partial charge is 0.329 e. The van der Waals surface area contributed by atoms with Crippen LogP contribution in [0.5, 0.6) is 0 Å². The van der Waals surface area contributed by atoms with Gasteiger partial charge in [-0.05, 0) is 38.0 Å². The molecular weight excluding hydrogens is 279 g/mol. The van der Waals surface area contributed by atoms with Gasteiger partial charge in [0.05, 0.1) is 4.90 Å². The highest BCUT2D eigenvalue weighted by Crippen LogP contribution is 2.27. The summed E-state index contributed by atoms with van der Waals surface area (Å²) in [4.78, 5) is -0.0286. The summed E-state index contributed by atoms with van der Waals surface area (Å²) in [6.07, 6.45) is 1.27. The van der Waals surface area contributed by atoms with Gasteiger partial charge in [-0.1, -0.05) is 19.9 Å². The van der Waals surface area contributed by atoms with Crippen molar-refractivity contribution in [3.05, 3.63) is 30.1 Å². The molecule has 0 aliphatic heterocycles. The zero-order valence-electron chi connectivity index (χ0n) is 12.3. The first-order valence-electron chi connectivity index (χ1n) is 6.80. The molecule has 1 aromatic rings. The topological polar surface area (TPSA) is 63.4 Å². The van der Waals surface area contributed by atoms with E-state index in [1.54, 1.807) is 0 Å². The summed E-state index contributed by atoms with van der Waals surface area (Å²) in [7, 11) is -3.75. The van der Waals surface area contributed by atoms with Gasteiger partial charge in [-0.2, -0.15) is 4.31 Å². The normalized spacial score (nSPS) is 15.3. The molecule has 2 N–H and O–H groups in total. The quantitative estimate of drug-likeness (QED) is 0.841.